The van der Waals surface area contributed by atoms with Crippen molar-refractivity contribution in [3.05, 3.63) is 23.8 Å². The van der Waals surface area contributed by atoms with Crippen LogP contribution in [-0.4, -0.2) is 47.6 Å². The first kappa shape index (κ1) is 16.8. The van der Waals surface area contributed by atoms with E-state index in [1.165, 1.54) is 0 Å². The van der Waals surface area contributed by atoms with Gasteiger partial charge in [-0.15, -0.1) is 11.8 Å². The Morgan fingerprint density at radius 3 is 2.79 bits per heavy atom. The maximum Gasteiger partial charge on any atom is 0.338 e. The molecule has 128 valence electrons. The fraction of sp³-hybridized carbons (Fsp3) is 0.471. The van der Waals surface area contributed by atoms with Gasteiger partial charge in [-0.3, -0.25) is 9.59 Å². The molecule has 0 aromatic heterocycles. The number of carbonyl (C=O) groups excluding carboxylic acids is 3. The third-order valence-electron chi connectivity index (χ3n) is 4.13. The molecule has 2 aliphatic rings. The summed E-state index contributed by atoms with van der Waals surface area (Å²) in [5.74, 6) is -0.0607. The Morgan fingerprint density at radius 2 is 2.04 bits per heavy atom. The first-order valence-corrected chi connectivity index (χ1v) is 9.09. The number of amides is 2. The molecule has 0 saturated carbocycles. The number of carbonyl (C=O) groups is 3. The number of nitrogens with zero attached hydrogens (tertiary/aromatic N) is 1. The molecule has 0 bridgehead atoms. The van der Waals surface area contributed by atoms with E-state index >= 15 is 0 Å². The summed E-state index contributed by atoms with van der Waals surface area (Å²) in [6.45, 7) is 3.05. The Labute approximate surface area is 144 Å². The summed E-state index contributed by atoms with van der Waals surface area (Å²) >= 11 is 1.57. The summed E-state index contributed by atoms with van der Waals surface area (Å²) in [5, 5.41) is 2.80. The van der Waals surface area contributed by atoms with Crippen LogP contribution >= 0.6 is 11.8 Å². The highest BCUT2D eigenvalue weighted by atomic mass is 32.2. The summed E-state index contributed by atoms with van der Waals surface area (Å²) in [6.07, 6.45) is 1.63. The second-order valence-corrected chi connectivity index (χ2v) is 7.07. The van der Waals surface area contributed by atoms with Gasteiger partial charge in [0.2, 0.25) is 5.91 Å². The zero-order valence-corrected chi connectivity index (χ0v) is 14.4. The molecule has 1 aromatic rings. The van der Waals surface area contributed by atoms with Gasteiger partial charge < -0.3 is 15.0 Å². The quantitative estimate of drug-likeness (QED) is 0.848. The van der Waals surface area contributed by atoms with Crippen LogP contribution in [-0.2, 0) is 14.3 Å². The molecule has 0 unspecified atom stereocenters. The van der Waals surface area contributed by atoms with E-state index in [1.807, 2.05) is 0 Å². The van der Waals surface area contributed by atoms with Gasteiger partial charge in [-0.05, 0) is 38.0 Å². The van der Waals surface area contributed by atoms with Crippen molar-refractivity contribution in [2.45, 2.75) is 37.2 Å². The van der Waals surface area contributed by atoms with Gasteiger partial charge in [0, 0.05) is 30.2 Å². The molecule has 0 aliphatic carbocycles. The molecular formula is C17H20N2O4S. The van der Waals surface area contributed by atoms with Crippen LogP contribution in [0.15, 0.2) is 23.1 Å². The number of esters is 1. The van der Waals surface area contributed by atoms with Gasteiger partial charge in [0.25, 0.3) is 5.91 Å². The van der Waals surface area contributed by atoms with E-state index in [-0.39, 0.29) is 11.8 Å². The Kier molecular flexibility index (Phi) is 5.08. The molecule has 2 amide bonds. The van der Waals surface area contributed by atoms with Gasteiger partial charge in [-0.1, -0.05) is 0 Å². The summed E-state index contributed by atoms with van der Waals surface area (Å²) in [6, 6.07) is 5.08. The standard InChI is InChI=1S/C17H20N2O4S/c1-11(16(21)19-7-2-3-8-19)23-17(22)12-4-5-14-13(10-12)18-15(20)6-9-24-14/h4-5,10-11H,2-3,6-9H2,1H3,(H,18,20)/t11-/m1/s1. The molecular weight excluding hydrogens is 328 g/mol. The van der Waals surface area contributed by atoms with E-state index in [9.17, 15) is 14.4 Å². The zero-order chi connectivity index (χ0) is 17.1. The molecule has 1 N–H and O–H groups in total. The average Bonchev–Trinajstić information content (AvgIpc) is 3.03. The molecule has 1 fully saturated rings. The zero-order valence-electron chi connectivity index (χ0n) is 13.5. The van der Waals surface area contributed by atoms with Gasteiger partial charge in [0.15, 0.2) is 6.10 Å². The smallest absolute Gasteiger partial charge is 0.338 e. The van der Waals surface area contributed by atoms with Gasteiger partial charge in [0.05, 0.1) is 11.3 Å². The third-order valence-corrected chi connectivity index (χ3v) is 5.20. The highest BCUT2D eigenvalue weighted by Gasteiger charge is 2.26. The first-order chi connectivity index (χ1) is 11.5. The second-order valence-electron chi connectivity index (χ2n) is 5.94. The van der Waals surface area contributed by atoms with Crippen molar-refractivity contribution in [3.8, 4) is 0 Å². The van der Waals surface area contributed by atoms with Crippen molar-refractivity contribution < 1.29 is 19.1 Å². The summed E-state index contributed by atoms with van der Waals surface area (Å²) < 4.78 is 5.31. The molecule has 0 radical (unpaired) electrons. The summed E-state index contributed by atoms with van der Waals surface area (Å²) in [7, 11) is 0. The highest BCUT2D eigenvalue weighted by Crippen LogP contribution is 2.31. The molecule has 1 aromatic carbocycles. The minimum absolute atomic E-state index is 0.0654. The lowest BCUT2D eigenvalue weighted by Crippen LogP contribution is -2.38. The SMILES string of the molecule is C[C@@H](OC(=O)c1ccc2c(c1)NC(=O)CCS2)C(=O)N1CCCC1. The van der Waals surface area contributed by atoms with E-state index in [0.717, 1.165) is 30.8 Å². The van der Waals surface area contributed by atoms with Crippen LogP contribution in [0.4, 0.5) is 5.69 Å². The molecule has 2 heterocycles. The minimum Gasteiger partial charge on any atom is -0.449 e. The Hall–Kier alpha value is -2.02. The number of anilines is 1. The van der Waals surface area contributed by atoms with Gasteiger partial charge in [-0.2, -0.15) is 0 Å². The van der Waals surface area contributed by atoms with Crippen LogP contribution in [0, 0.1) is 0 Å². The molecule has 3 rings (SSSR count). The van der Waals surface area contributed by atoms with Crippen LogP contribution in [0.1, 0.15) is 36.5 Å². The van der Waals surface area contributed by atoms with Gasteiger partial charge >= 0.3 is 5.97 Å². The van der Waals surface area contributed by atoms with Gasteiger partial charge in [0.1, 0.15) is 0 Å². The van der Waals surface area contributed by atoms with E-state index in [0.29, 0.717) is 23.4 Å². The topological polar surface area (TPSA) is 75.7 Å². The Bertz CT molecular complexity index is 671. The number of nitrogens with one attached hydrogen (secondary N) is 1. The van der Waals surface area contributed by atoms with E-state index in [1.54, 1.807) is 41.8 Å². The van der Waals surface area contributed by atoms with Crippen LogP contribution in [0.2, 0.25) is 0 Å². The lowest BCUT2D eigenvalue weighted by molar-refractivity contribution is -0.138. The lowest BCUT2D eigenvalue weighted by atomic mass is 10.2. The fourth-order valence-corrected chi connectivity index (χ4v) is 3.76. The number of likely N-dealkylation sites (tertiary alicyclic amines) is 1. The maximum atomic E-state index is 12.3. The van der Waals surface area contributed by atoms with Crippen molar-refractivity contribution in [3.63, 3.8) is 0 Å². The molecule has 7 heteroatoms. The summed E-state index contributed by atoms with van der Waals surface area (Å²) in [4.78, 5) is 38.8. The maximum absolute atomic E-state index is 12.3. The van der Waals surface area contributed by atoms with Crippen LogP contribution in [0.5, 0.6) is 0 Å². The molecule has 1 saturated heterocycles. The van der Waals surface area contributed by atoms with E-state index in [2.05, 4.69) is 5.32 Å². The van der Waals surface area contributed by atoms with Crippen molar-refractivity contribution in [1.82, 2.24) is 4.90 Å². The Morgan fingerprint density at radius 1 is 1.29 bits per heavy atom. The molecule has 24 heavy (non-hydrogen) atoms. The average molecular weight is 348 g/mol. The second kappa shape index (κ2) is 7.25. The normalized spacial score (nSPS) is 18.4. The van der Waals surface area contributed by atoms with Crippen molar-refractivity contribution in [2.24, 2.45) is 0 Å². The number of benzene rings is 1. The number of fused-ring (bicyclic) bond motifs is 1. The van der Waals surface area contributed by atoms with E-state index < -0.39 is 12.1 Å². The number of hydrogen-bond donors (Lipinski definition) is 1. The summed E-state index contributed by atoms with van der Waals surface area (Å²) in [5.41, 5.74) is 0.952. The van der Waals surface area contributed by atoms with Crippen molar-refractivity contribution >= 4 is 35.2 Å². The monoisotopic (exact) mass is 348 g/mol. The van der Waals surface area contributed by atoms with Crippen LogP contribution < -0.4 is 5.32 Å². The third kappa shape index (κ3) is 3.72. The largest absolute Gasteiger partial charge is 0.449 e. The molecule has 2 aliphatic heterocycles. The predicted molar refractivity (Wildman–Crippen MR) is 91.1 cm³/mol. The number of ether oxygens (including phenoxy) is 1. The molecule has 1 atom stereocenters. The number of thioether (sulfide) groups is 1. The highest BCUT2D eigenvalue weighted by molar-refractivity contribution is 7.99. The van der Waals surface area contributed by atoms with Crippen LogP contribution in [0.3, 0.4) is 0 Å². The number of rotatable bonds is 3. The lowest BCUT2D eigenvalue weighted by Gasteiger charge is -2.20. The predicted octanol–water partition coefficient (Wildman–Crippen LogP) is 2.29. The van der Waals surface area contributed by atoms with Crippen LogP contribution in [0.25, 0.3) is 0 Å². The van der Waals surface area contributed by atoms with Crippen molar-refractivity contribution in [2.75, 3.05) is 24.2 Å². The van der Waals surface area contributed by atoms with E-state index in [4.69, 9.17) is 4.74 Å². The van der Waals surface area contributed by atoms with Gasteiger partial charge in [-0.25, -0.2) is 4.79 Å². The fourth-order valence-electron chi connectivity index (χ4n) is 2.82. The number of hydrogen-bond acceptors (Lipinski definition) is 5. The minimum atomic E-state index is -0.807. The molecule has 0 spiro atoms. The van der Waals surface area contributed by atoms with Crippen molar-refractivity contribution in [1.29, 1.82) is 0 Å². The Balaban J connectivity index is 1.68. The first-order valence-electron chi connectivity index (χ1n) is 8.11. The molecule has 6 nitrogen and oxygen atoms in total.